The lowest BCUT2D eigenvalue weighted by Gasteiger charge is -2.05. The van der Waals surface area contributed by atoms with Gasteiger partial charge in [0.25, 0.3) is 0 Å². The van der Waals surface area contributed by atoms with Crippen molar-refractivity contribution in [2.45, 2.75) is 18.9 Å². The second-order valence-corrected chi connectivity index (χ2v) is 4.24. The van der Waals surface area contributed by atoms with Gasteiger partial charge in [0.1, 0.15) is 11.9 Å². The van der Waals surface area contributed by atoms with Crippen molar-refractivity contribution in [3.05, 3.63) is 42.1 Å². The Morgan fingerprint density at radius 3 is 2.82 bits per heavy atom. The summed E-state index contributed by atoms with van der Waals surface area (Å²) in [6.45, 7) is 0.822. The third-order valence-corrected chi connectivity index (χ3v) is 3.02. The number of nitrogens with two attached hydrogens (primary N) is 1. The van der Waals surface area contributed by atoms with Gasteiger partial charge in [0.05, 0.1) is 11.4 Å². The smallest absolute Gasteiger partial charge is 0.127 e. The van der Waals surface area contributed by atoms with E-state index in [-0.39, 0.29) is 6.10 Å². The summed E-state index contributed by atoms with van der Waals surface area (Å²) in [7, 11) is 0. The fraction of sp³-hybridized carbons (Fsp3) is 0.308. The molecule has 1 aromatic heterocycles. The van der Waals surface area contributed by atoms with Crippen molar-refractivity contribution in [3.8, 4) is 5.69 Å². The Balaban J connectivity index is 1.96. The molecule has 4 nitrogen and oxygen atoms in total. The number of hydrogen-bond acceptors (Lipinski definition) is 3. The van der Waals surface area contributed by atoms with E-state index in [1.807, 2.05) is 36.4 Å². The first-order chi connectivity index (χ1) is 8.34. The first-order valence-corrected chi connectivity index (χ1v) is 5.87. The topological polar surface area (TPSA) is 53.1 Å². The SMILES string of the molecule is Nc1cc(C2CCCO2)nn1-c1ccccc1. The molecule has 1 aromatic carbocycles. The Morgan fingerprint density at radius 2 is 2.12 bits per heavy atom. The highest BCUT2D eigenvalue weighted by Gasteiger charge is 2.21. The molecule has 0 spiro atoms. The van der Waals surface area contributed by atoms with Gasteiger partial charge in [0.2, 0.25) is 0 Å². The van der Waals surface area contributed by atoms with Crippen molar-refractivity contribution >= 4 is 5.82 Å². The van der Waals surface area contributed by atoms with Gasteiger partial charge in [-0.1, -0.05) is 18.2 Å². The first kappa shape index (κ1) is 10.4. The van der Waals surface area contributed by atoms with E-state index in [2.05, 4.69) is 5.10 Å². The van der Waals surface area contributed by atoms with E-state index < -0.39 is 0 Å². The van der Waals surface area contributed by atoms with Crippen LogP contribution in [0.4, 0.5) is 5.82 Å². The average molecular weight is 229 g/mol. The van der Waals surface area contributed by atoms with Crippen molar-refractivity contribution in [2.75, 3.05) is 12.3 Å². The molecule has 1 aliphatic heterocycles. The predicted molar refractivity (Wildman–Crippen MR) is 65.9 cm³/mol. The van der Waals surface area contributed by atoms with Crippen LogP contribution in [0.5, 0.6) is 0 Å². The number of benzene rings is 1. The van der Waals surface area contributed by atoms with E-state index in [9.17, 15) is 0 Å². The van der Waals surface area contributed by atoms with Crippen molar-refractivity contribution < 1.29 is 4.74 Å². The van der Waals surface area contributed by atoms with E-state index in [0.29, 0.717) is 5.82 Å². The molecule has 0 saturated carbocycles. The molecule has 1 aliphatic rings. The number of nitrogen functional groups attached to an aromatic ring is 1. The molecule has 0 bridgehead atoms. The Bertz CT molecular complexity index is 501. The second-order valence-electron chi connectivity index (χ2n) is 4.24. The molecule has 1 fully saturated rings. The molecule has 1 unspecified atom stereocenters. The summed E-state index contributed by atoms with van der Waals surface area (Å²) in [5.41, 5.74) is 7.90. The van der Waals surface area contributed by atoms with Gasteiger partial charge in [-0.3, -0.25) is 0 Å². The number of nitrogens with zero attached hydrogens (tertiary/aromatic N) is 2. The lowest BCUT2D eigenvalue weighted by Crippen LogP contribution is -2.02. The van der Waals surface area contributed by atoms with Crippen LogP contribution >= 0.6 is 0 Å². The fourth-order valence-electron chi connectivity index (χ4n) is 2.16. The summed E-state index contributed by atoms with van der Waals surface area (Å²) in [6, 6.07) is 11.8. The quantitative estimate of drug-likeness (QED) is 0.859. The zero-order chi connectivity index (χ0) is 11.7. The van der Waals surface area contributed by atoms with Crippen LogP contribution in [-0.4, -0.2) is 16.4 Å². The van der Waals surface area contributed by atoms with Gasteiger partial charge >= 0.3 is 0 Å². The van der Waals surface area contributed by atoms with E-state index in [1.165, 1.54) is 0 Å². The van der Waals surface area contributed by atoms with Gasteiger partial charge in [0, 0.05) is 12.7 Å². The summed E-state index contributed by atoms with van der Waals surface area (Å²) in [5, 5.41) is 4.53. The fourth-order valence-corrected chi connectivity index (χ4v) is 2.16. The summed E-state index contributed by atoms with van der Waals surface area (Å²) in [6.07, 6.45) is 2.25. The summed E-state index contributed by atoms with van der Waals surface area (Å²) >= 11 is 0. The number of anilines is 1. The summed E-state index contributed by atoms with van der Waals surface area (Å²) < 4.78 is 7.37. The van der Waals surface area contributed by atoms with Gasteiger partial charge in [-0.05, 0) is 25.0 Å². The van der Waals surface area contributed by atoms with Crippen LogP contribution in [0.15, 0.2) is 36.4 Å². The van der Waals surface area contributed by atoms with Crippen LogP contribution in [0.2, 0.25) is 0 Å². The van der Waals surface area contributed by atoms with Crippen molar-refractivity contribution in [3.63, 3.8) is 0 Å². The first-order valence-electron chi connectivity index (χ1n) is 5.87. The molecule has 1 atom stereocenters. The largest absolute Gasteiger partial charge is 0.384 e. The Labute approximate surface area is 100 Å². The van der Waals surface area contributed by atoms with Crippen LogP contribution in [0, 0.1) is 0 Å². The number of aromatic nitrogens is 2. The minimum absolute atomic E-state index is 0.113. The molecule has 1 saturated heterocycles. The van der Waals surface area contributed by atoms with Gasteiger partial charge in [-0.2, -0.15) is 5.10 Å². The maximum atomic E-state index is 5.99. The highest BCUT2D eigenvalue weighted by molar-refractivity contribution is 5.43. The standard InChI is InChI=1S/C13H15N3O/c14-13-9-11(12-7-4-8-17-12)15-16(13)10-5-2-1-3-6-10/h1-3,5-6,9,12H,4,7-8,14H2. The minimum Gasteiger partial charge on any atom is -0.384 e. The molecular weight excluding hydrogens is 214 g/mol. The third-order valence-electron chi connectivity index (χ3n) is 3.02. The van der Waals surface area contributed by atoms with Crippen LogP contribution < -0.4 is 5.73 Å². The average Bonchev–Trinajstić information content (AvgIpc) is 2.99. The van der Waals surface area contributed by atoms with Crippen LogP contribution in [0.25, 0.3) is 5.69 Å². The minimum atomic E-state index is 0.113. The van der Waals surface area contributed by atoms with E-state index in [0.717, 1.165) is 30.8 Å². The predicted octanol–water partition coefficient (Wildman–Crippen LogP) is 2.31. The normalized spacial score (nSPS) is 19.6. The molecule has 0 aliphatic carbocycles. The number of hydrogen-bond donors (Lipinski definition) is 1. The van der Waals surface area contributed by atoms with Crippen molar-refractivity contribution in [1.29, 1.82) is 0 Å². The molecule has 0 radical (unpaired) electrons. The van der Waals surface area contributed by atoms with E-state index in [4.69, 9.17) is 10.5 Å². The number of para-hydroxylation sites is 1. The molecule has 2 aromatic rings. The van der Waals surface area contributed by atoms with Gasteiger partial charge < -0.3 is 10.5 Å². The maximum Gasteiger partial charge on any atom is 0.127 e. The van der Waals surface area contributed by atoms with Crippen LogP contribution in [-0.2, 0) is 4.74 Å². The molecule has 17 heavy (non-hydrogen) atoms. The number of ether oxygens (including phenoxy) is 1. The monoisotopic (exact) mass is 229 g/mol. The Kier molecular flexibility index (Phi) is 2.57. The van der Waals surface area contributed by atoms with Crippen molar-refractivity contribution in [1.82, 2.24) is 9.78 Å². The van der Waals surface area contributed by atoms with Crippen LogP contribution in [0.3, 0.4) is 0 Å². The van der Waals surface area contributed by atoms with E-state index in [1.54, 1.807) is 4.68 Å². The number of rotatable bonds is 2. The highest BCUT2D eigenvalue weighted by Crippen LogP contribution is 2.29. The molecule has 2 N–H and O–H groups in total. The van der Waals surface area contributed by atoms with E-state index >= 15 is 0 Å². The molecule has 0 amide bonds. The zero-order valence-electron chi connectivity index (χ0n) is 9.54. The Morgan fingerprint density at radius 1 is 1.29 bits per heavy atom. The lowest BCUT2D eigenvalue weighted by molar-refractivity contribution is 0.108. The zero-order valence-corrected chi connectivity index (χ0v) is 9.54. The highest BCUT2D eigenvalue weighted by atomic mass is 16.5. The molecule has 88 valence electrons. The van der Waals surface area contributed by atoms with Crippen molar-refractivity contribution in [2.24, 2.45) is 0 Å². The maximum absolute atomic E-state index is 5.99. The second kappa shape index (κ2) is 4.22. The van der Waals surface area contributed by atoms with Gasteiger partial charge in [-0.15, -0.1) is 0 Å². The van der Waals surface area contributed by atoms with Gasteiger partial charge in [0.15, 0.2) is 0 Å². The molecular formula is C13H15N3O. The lowest BCUT2D eigenvalue weighted by atomic mass is 10.2. The molecule has 4 heteroatoms. The Hall–Kier alpha value is -1.81. The molecule has 3 rings (SSSR count). The summed E-state index contributed by atoms with van der Waals surface area (Å²) in [4.78, 5) is 0. The van der Waals surface area contributed by atoms with Crippen LogP contribution in [0.1, 0.15) is 24.6 Å². The summed E-state index contributed by atoms with van der Waals surface area (Å²) in [5.74, 6) is 0.654. The molecule has 2 heterocycles. The third kappa shape index (κ3) is 1.91. The van der Waals surface area contributed by atoms with Gasteiger partial charge in [-0.25, -0.2) is 4.68 Å².